The van der Waals surface area contributed by atoms with Gasteiger partial charge in [-0.05, 0) is 74.2 Å². The van der Waals surface area contributed by atoms with Gasteiger partial charge in [-0.1, -0.05) is 0 Å². The van der Waals surface area contributed by atoms with Crippen LogP contribution in [0.25, 0.3) is 5.69 Å². The molecular weight excluding hydrogens is 467 g/mol. The molecule has 11 heteroatoms. The summed E-state index contributed by atoms with van der Waals surface area (Å²) in [5.41, 5.74) is 2.23. The second kappa shape index (κ2) is 10.4. The van der Waals surface area contributed by atoms with Crippen molar-refractivity contribution in [3.05, 3.63) is 76.9 Å². The summed E-state index contributed by atoms with van der Waals surface area (Å²) in [5, 5.41) is 6.42. The van der Waals surface area contributed by atoms with Crippen LogP contribution in [-0.4, -0.2) is 40.8 Å². The molecule has 4 rings (SSSR count). The number of fused-ring (bicyclic) bond motifs is 1. The van der Waals surface area contributed by atoms with E-state index in [2.05, 4.69) is 15.2 Å². The first-order valence-electron chi connectivity index (χ1n) is 10.7. The number of aromatic nitrogens is 2. The first-order valence-corrected chi connectivity index (χ1v) is 10.7. The van der Waals surface area contributed by atoms with E-state index in [1.165, 1.54) is 24.3 Å². The SMILES string of the molecule is O=C(COC(=O)c1nn(-c2ccc(F)cc2)c2c1CCCC2)NC(=O)c1ccc(OC(F)F)cc1. The number of nitrogens with zero attached hydrogens (tertiary/aromatic N) is 2. The number of benzene rings is 2. The van der Waals surface area contributed by atoms with Gasteiger partial charge in [-0.2, -0.15) is 13.9 Å². The Bertz CT molecular complexity index is 1240. The molecule has 1 N–H and O–H groups in total. The minimum atomic E-state index is -3.00. The lowest BCUT2D eigenvalue weighted by molar-refractivity contribution is -0.123. The van der Waals surface area contributed by atoms with E-state index in [0.29, 0.717) is 24.1 Å². The Morgan fingerprint density at radius 2 is 1.69 bits per heavy atom. The van der Waals surface area contributed by atoms with Gasteiger partial charge in [0.1, 0.15) is 11.6 Å². The van der Waals surface area contributed by atoms with Crippen LogP contribution in [0.2, 0.25) is 0 Å². The maximum absolute atomic E-state index is 13.3. The zero-order valence-corrected chi connectivity index (χ0v) is 18.3. The molecule has 0 aliphatic heterocycles. The maximum Gasteiger partial charge on any atom is 0.387 e. The molecule has 3 aromatic rings. The molecular formula is C24H20F3N3O5. The third-order valence-corrected chi connectivity index (χ3v) is 5.37. The fourth-order valence-electron chi connectivity index (χ4n) is 3.78. The van der Waals surface area contributed by atoms with E-state index in [0.717, 1.165) is 30.7 Å². The zero-order valence-electron chi connectivity index (χ0n) is 18.3. The molecule has 2 aromatic carbocycles. The number of hydrogen-bond acceptors (Lipinski definition) is 6. The number of imide groups is 1. The molecule has 0 atom stereocenters. The van der Waals surface area contributed by atoms with Crippen molar-refractivity contribution >= 4 is 17.8 Å². The van der Waals surface area contributed by atoms with Crippen molar-refractivity contribution in [1.82, 2.24) is 15.1 Å². The molecule has 0 fully saturated rings. The van der Waals surface area contributed by atoms with Gasteiger partial charge in [0.25, 0.3) is 11.8 Å². The third-order valence-electron chi connectivity index (χ3n) is 5.37. The molecule has 2 amide bonds. The van der Waals surface area contributed by atoms with Crippen molar-refractivity contribution in [2.75, 3.05) is 6.61 Å². The van der Waals surface area contributed by atoms with Crippen molar-refractivity contribution in [2.24, 2.45) is 0 Å². The summed E-state index contributed by atoms with van der Waals surface area (Å²) in [4.78, 5) is 37.0. The molecule has 0 saturated carbocycles. The molecule has 0 radical (unpaired) electrons. The van der Waals surface area contributed by atoms with Crippen LogP contribution in [0.15, 0.2) is 48.5 Å². The van der Waals surface area contributed by atoms with Crippen molar-refractivity contribution < 1.29 is 37.0 Å². The van der Waals surface area contributed by atoms with Gasteiger partial charge >= 0.3 is 12.6 Å². The third kappa shape index (κ3) is 5.68. The molecule has 1 aliphatic rings. The van der Waals surface area contributed by atoms with Crippen LogP contribution in [0.4, 0.5) is 13.2 Å². The van der Waals surface area contributed by atoms with Crippen molar-refractivity contribution in [3.8, 4) is 11.4 Å². The molecule has 0 spiro atoms. The van der Waals surface area contributed by atoms with E-state index in [1.54, 1.807) is 16.8 Å². The summed E-state index contributed by atoms with van der Waals surface area (Å²) in [6.07, 6.45) is 3.06. The number of ether oxygens (including phenoxy) is 2. The van der Waals surface area contributed by atoms with Crippen LogP contribution < -0.4 is 10.1 Å². The highest BCUT2D eigenvalue weighted by Crippen LogP contribution is 2.27. The fraction of sp³-hybridized carbons (Fsp3) is 0.250. The Labute approximate surface area is 197 Å². The highest BCUT2D eigenvalue weighted by Gasteiger charge is 2.27. The maximum atomic E-state index is 13.3. The van der Waals surface area contributed by atoms with E-state index in [9.17, 15) is 27.6 Å². The molecule has 0 saturated heterocycles. The standard InChI is InChI=1S/C24H20F3N3O5/c25-15-7-9-16(10-8-15)30-19-4-2-1-3-18(19)21(29-30)23(33)34-13-20(31)28-22(32)14-5-11-17(12-6-14)35-24(26)27/h5-12,24H,1-4,13H2,(H,28,31,32). The minimum Gasteiger partial charge on any atom is -0.451 e. The number of carbonyl (C=O) groups is 3. The lowest BCUT2D eigenvalue weighted by Crippen LogP contribution is -2.34. The largest absolute Gasteiger partial charge is 0.451 e. The lowest BCUT2D eigenvalue weighted by atomic mass is 9.95. The number of alkyl halides is 2. The number of hydrogen-bond donors (Lipinski definition) is 1. The summed E-state index contributed by atoms with van der Waals surface area (Å²) < 4.78 is 48.6. The van der Waals surface area contributed by atoms with Gasteiger partial charge in [0.15, 0.2) is 12.3 Å². The molecule has 1 aliphatic carbocycles. The average molecular weight is 487 g/mol. The first kappa shape index (κ1) is 24.0. The zero-order chi connectivity index (χ0) is 24.9. The number of rotatable bonds is 7. The molecule has 182 valence electrons. The van der Waals surface area contributed by atoms with Crippen molar-refractivity contribution in [2.45, 2.75) is 32.3 Å². The van der Waals surface area contributed by atoms with E-state index in [-0.39, 0.29) is 17.0 Å². The lowest BCUT2D eigenvalue weighted by Gasteiger charge is -2.14. The highest BCUT2D eigenvalue weighted by atomic mass is 19.3. The van der Waals surface area contributed by atoms with Crippen molar-refractivity contribution in [3.63, 3.8) is 0 Å². The molecule has 0 bridgehead atoms. The quantitative estimate of drug-likeness (QED) is 0.512. The van der Waals surface area contributed by atoms with Crippen LogP contribution in [-0.2, 0) is 22.4 Å². The van der Waals surface area contributed by atoms with E-state index in [4.69, 9.17) is 4.74 Å². The van der Waals surface area contributed by atoms with Gasteiger partial charge < -0.3 is 9.47 Å². The Kier molecular flexibility index (Phi) is 7.14. The van der Waals surface area contributed by atoms with Gasteiger partial charge in [-0.15, -0.1) is 0 Å². The summed E-state index contributed by atoms with van der Waals surface area (Å²) >= 11 is 0. The smallest absolute Gasteiger partial charge is 0.387 e. The number of halogens is 3. The monoisotopic (exact) mass is 487 g/mol. The van der Waals surface area contributed by atoms with Gasteiger partial charge in [-0.3, -0.25) is 14.9 Å². The van der Waals surface area contributed by atoms with Gasteiger partial charge in [-0.25, -0.2) is 13.9 Å². The summed E-state index contributed by atoms with van der Waals surface area (Å²) in [6, 6.07) is 10.4. The molecule has 8 nitrogen and oxygen atoms in total. The Morgan fingerprint density at radius 1 is 1.00 bits per heavy atom. The van der Waals surface area contributed by atoms with Crippen LogP contribution in [0.5, 0.6) is 5.75 Å². The van der Waals surface area contributed by atoms with Gasteiger partial charge in [0, 0.05) is 16.8 Å². The van der Waals surface area contributed by atoms with E-state index >= 15 is 0 Å². The van der Waals surface area contributed by atoms with E-state index < -0.39 is 36.8 Å². The average Bonchev–Trinajstić information content (AvgIpc) is 3.23. The number of nitrogens with one attached hydrogen (secondary N) is 1. The predicted octanol–water partition coefficient (Wildman–Crippen LogP) is 3.61. The minimum absolute atomic E-state index is 0.0263. The number of carbonyl (C=O) groups excluding carboxylic acids is 3. The van der Waals surface area contributed by atoms with Gasteiger partial charge in [0.05, 0.1) is 5.69 Å². The van der Waals surface area contributed by atoms with Crippen LogP contribution in [0.1, 0.15) is 44.9 Å². The highest BCUT2D eigenvalue weighted by molar-refractivity contribution is 6.05. The first-order chi connectivity index (χ1) is 16.8. The van der Waals surface area contributed by atoms with E-state index in [1.807, 2.05) is 0 Å². The molecule has 0 unspecified atom stereocenters. The summed E-state index contributed by atoms with van der Waals surface area (Å²) in [6.45, 7) is -3.73. The molecule has 1 heterocycles. The predicted molar refractivity (Wildman–Crippen MR) is 116 cm³/mol. The second-order valence-corrected chi connectivity index (χ2v) is 7.73. The topological polar surface area (TPSA) is 99.5 Å². The number of esters is 1. The Balaban J connectivity index is 1.39. The normalized spacial score (nSPS) is 12.7. The Morgan fingerprint density at radius 3 is 2.37 bits per heavy atom. The molecule has 1 aromatic heterocycles. The second-order valence-electron chi connectivity index (χ2n) is 7.73. The van der Waals surface area contributed by atoms with Crippen LogP contribution in [0, 0.1) is 5.82 Å². The summed E-state index contributed by atoms with van der Waals surface area (Å²) in [7, 11) is 0. The Hall–Kier alpha value is -4.15. The molecule has 35 heavy (non-hydrogen) atoms. The van der Waals surface area contributed by atoms with Gasteiger partial charge in [0.2, 0.25) is 0 Å². The van der Waals surface area contributed by atoms with Crippen molar-refractivity contribution in [1.29, 1.82) is 0 Å². The number of amides is 2. The van der Waals surface area contributed by atoms with Crippen LogP contribution >= 0.6 is 0 Å². The summed E-state index contributed by atoms with van der Waals surface area (Å²) in [5.74, 6) is -3.02. The fourth-order valence-corrected chi connectivity index (χ4v) is 3.78. The van der Waals surface area contributed by atoms with Crippen LogP contribution in [0.3, 0.4) is 0 Å².